The Balaban J connectivity index is 2.12. The highest BCUT2D eigenvalue weighted by molar-refractivity contribution is 7.10. The molecule has 1 aromatic heterocycles. The molecule has 54 valence electrons. The molecule has 1 saturated heterocycles. The van der Waals surface area contributed by atoms with Gasteiger partial charge in [0.05, 0.1) is 6.61 Å². The van der Waals surface area contributed by atoms with Crippen molar-refractivity contribution in [3.63, 3.8) is 0 Å². The molecule has 1 aliphatic rings. The maximum absolute atomic E-state index is 5.29. The Hall–Kier alpha value is -0.340. The first-order chi connectivity index (χ1) is 4.97. The normalized spacial score (nSPS) is 25.4. The highest BCUT2D eigenvalue weighted by Crippen LogP contribution is 2.28. The predicted molar refractivity (Wildman–Crippen MR) is 42.5 cm³/mol. The Morgan fingerprint density at radius 1 is 1.60 bits per heavy atom. The third-order valence-corrected chi connectivity index (χ3v) is 2.91. The lowest BCUT2D eigenvalue weighted by Crippen LogP contribution is -1.92. The Kier molecular flexibility index (Phi) is 1.74. The van der Waals surface area contributed by atoms with E-state index in [2.05, 4.69) is 17.5 Å². The van der Waals surface area contributed by atoms with Gasteiger partial charge in [0.25, 0.3) is 0 Å². The third kappa shape index (κ3) is 1.09. The van der Waals surface area contributed by atoms with Gasteiger partial charge in [-0.05, 0) is 17.9 Å². The predicted octanol–water partition coefficient (Wildman–Crippen LogP) is 2.25. The third-order valence-electron chi connectivity index (χ3n) is 1.88. The molecule has 0 N–H and O–H groups in total. The van der Waals surface area contributed by atoms with Crippen molar-refractivity contribution in [3.05, 3.63) is 22.4 Å². The van der Waals surface area contributed by atoms with Crippen molar-refractivity contribution in [2.75, 3.05) is 13.2 Å². The molecule has 0 saturated carbocycles. The Labute approximate surface area is 64.6 Å². The lowest BCUT2D eigenvalue weighted by atomic mass is 10.1. The van der Waals surface area contributed by atoms with Crippen LogP contribution in [0.4, 0.5) is 0 Å². The largest absolute Gasteiger partial charge is 0.381 e. The number of ether oxygens (including phenoxy) is 1. The zero-order valence-electron chi connectivity index (χ0n) is 5.75. The first kappa shape index (κ1) is 6.38. The second kappa shape index (κ2) is 2.72. The summed E-state index contributed by atoms with van der Waals surface area (Å²) in [7, 11) is 0. The average molecular weight is 154 g/mol. The molecule has 0 radical (unpaired) electrons. The molecule has 0 spiro atoms. The van der Waals surface area contributed by atoms with Crippen molar-refractivity contribution in [2.24, 2.45) is 0 Å². The molecule has 10 heavy (non-hydrogen) atoms. The summed E-state index contributed by atoms with van der Waals surface area (Å²) < 4.78 is 5.29. The van der Waals surface area contributed by atoms with E-state index in [1.165, 1.54) is 11.3 Å². The first-order valence-electron chi connectivity index (χ1n) is 3.58. The van der Waals surface area contributed by atoms with Crippen LogP contribution < -0.4 is 0 Å². The maximum atomic E-state index is 5.29. The summed E-state index contributed by atoms with van der Waals surface area (Å²) in [6, 6.07) is 4.31. The Morgan fingerprint density at radius 3 is 3.20 bits per heavy atom. The highest BCUT2D eigenvalue weighted by atomic mass is 32.1. The van der Waals surface area contributed by atoms with Gasteiger partial charge in [0.2, 0.25) is 0 Å². The van der Waals surface area contributed by atoms with Crippen LogP contribution in [0.2, 0.25) is 0 Å². The summed E-state index contributed by atoms with van der Waals surface area (Å²) in [6.45, 7) is 1.88. The monoisotopic (exact) mass is 154 g/mol. The van der Waals surface area contributed by atoms with Crippen LogP contribution in [0.15, 0.2) is 17.5 Å². The van der Waals surface area contributed by atoms with Gasteiger partial charge in [-0.15, -0.1) is 11.3 Å². The molecule has 1 fully saturated rings. The van der Waals surface area contributed by atoms with Crippen LogP contribution in [0.3, 0.4) is 0 Å². The lowest BCUT2D eigenvalue weighted by molar-refractivity contribution is 0.194. The summed E-state index contributed by atoms with van der Waals surface area (Å²) in [4.78, 5) is 1.48. The minimum absolute atomic E-state index is 0.694. The van der Waals surface area contributed by atoms with E-state index in [1.54, 1.807) is 0 Å². The molecule has 1 aromatic rings. The van der Waals surface area contributed by atoms with Gasteiger partial charge in [0.1, 0.15) is 0 Å². The molecule has 1 nitrogen and oxygen atoms in total. The van der Waals surface area contributed by atoms with Gasteiger partial charge in [-0.3, -0.25) is 0 Å². The fraction of sp³-hybridized carbons (Fsp3) is 0.500. The van der Waals surface area contributed by atoms with Crippen LogP contribution in [0.5, 0.6) is 0 Å². The molecular formula is C8H10OS. The van der Waals surface area contributed by atoms with E-state index < -0.39 is 0 Å². The topological polar surface area (TPSA) is 9.23 Å². The van der Waals surface area contributed by atoms with Crippen LogP contribution in [-0.4, -0.2) is 13.2 Å². The maximum Gasteiger partial charge on any atom is 0.0543 e. The summed E-state index contributed by atoms with van der Waals surface area (Å²) in [5.74, 6) is 0.694. The zero-order valence-corrected chi connectivity index (χ0v) is 6.56. The second-order valence-electron chi connectivity index (χ2n) is 2.58. The lowest BCUT2D eigenvalue weighted by Gasteiger charge is -2.01. The van der Waals surface area contributed by atoms with Crippen molar-refractivity contribution in [1.29, 1.82) is 0 Å². The van der Waals surface area contributed by atoms with Crippen LogP contribution >= 0.6 is 11.3 Å². The van der Waals surface area contributed by atoms with E-state index in [1.807, 2.05) is 11.3 Å². The zero-order chi connectivity index (χ0) is 6.81. The molecular weight excluding hydrogens is 144 g/mol. The summed E-state index contributed by atoms with van der Waals surface area (Å²) in [5.41, 5.74) is 0. The fourth-order valence-electron chi connectivity index (χ4n) is 1.28. The van der Waals surface area contributed by atoms with Crippen LogP contribution in [-0.2, 0) is 4.74 Å². The van der Waals surface area contributed by atoms with E-state index in [9.17, 15) is 0 Å². The average Bonchev–Trinajstić information content (AvgIpc) is 2.59. The molecule has 0 amide bonds. The minimum Gasteiger partial charge on any atom is -0.381 e. The number of hydrogen-bond acceptors (Lipinski definition) is 2. The van der Waals surface area contributed by atoms with Crippen molar-refractivity contribution in [1.82, 2.24) is 0 Å². The fourth-order valence-corrected chi connectivity index (χ4v) is 2.13. The Bertz CT molecular complexity index is 187. The smallest absolute Gasteiger partial charge is 0.0543 e. The van der Waals surface area contributed by atoms with E-state index in [0.717, 1.165) is 13.2 Å². The van der Waals surface area contributed by atoms with E-state index in [4.69, 9.17) is 4.74 Å². The summed E-state index contributed by atoms with van der Waals surface area (Å²) >= 11 is 1.84. The van der Waals surface area contributed by atoms with Gasteiger partial charge in [-0.25, -0.2) is 0 Å². The van der Waals surface area contributed by atoms with Gasteiger partial charge < -0.3 is 4.74 Å². The van der Waals surface area contributed by atoms with E-state index in [-0.39, 0.29) is 0 Å². The molecule has 2 heterocycles. The van der Waals surface area contributed by atoms with Crippen LogP contribution in [0.1, 0.15) is 17.2 Å². The molecule has 0 aromatic carbocycles. The molecule has 1 aliphatic heterocycles. The number of hydrogen-bond donors (Lipinski definition) is 0. The number of thiophene rings is 1. The highest BCUT2D eigenvalue weighted by Gasteiger charge is 2.17. The van der Waals surface area contributed by atoms with Gasteiger partial charge in [0.15, 0.2) is 0 Å². The van der Waals surface area contributed by atoms with Gasteiger partial charge >= 0.3 is 0 Å². The Morgan fingerprint density at radius 2 is 2.60 bits per heavy atom. The SMILES string of the molecule is c1csc(C2CCOC2)c1. The molecule has 1 atom stereocenters. The molecule has 2 heteroatoms. The van der Waals surface area contributed by atoms with Gasteiger partial charge in [-0.2, -0.15) is 0 Å². The van der Waals surface area contributed by atoms with E-state index >= 15 is 0 Å². The molecule has 1 unspecified atom stereocenters. The first-order valence-corrected chi connectivity index (χ1v) is 4.46. The van der Waals surface area contributed by atoms with Crippen molar-refractivity contribution < 1.29 is 4.74 Å². The molecule has 0 aliphatic carbocycles. The number of rotatable bonds is 1. The van der Waals surface area contributed by atoms with Crippen molar-refractivity contribution in [2.45, 2.75) is 12.3 Å². The van der Waals surface area contributed by atoms with Crippen molar-refractivity contribution in [3.8, 4) is 0 Å². The van der Waals surface area contributed by atoms with E-state index in [0.29, 0.717) is 5.92 Å². The quantitative estimate of drug-likeness (QED) is 0.603. The minimum atomic E-state index is 0.694. The molecule has 2 rings (SSSR count). The van der Waals surface area contributed by atoms with Crippen LogP contribution in [0.25, 0.3) is 0 Å². The van der Waals surface area contributed by atoms with Gasteiger partial charge in [0, 0.05) is 17.4 Å². The summed E-state index contributed by atoms with van der Waals surface area (Å²) in [5, 5.41) is 2.13. The van der Waals surface area contributed by atoms with Crippen LogP contribution in [0, 0.1) is 0 Å². The van der Waals surface area contributed by atoms with Crippen molar-refractivity contribution >= 4 is 11.3 Å². The molecule has 0 bridgehead atoms. The summed E-state index contributed by atoms with van der Waals surface area (Å²) in [6.07, 6.45) is 1.21. The van der Waals surface area contributed by atoms with Gasteiger partial charge in [-0.1, -0.05) is 6.07 Å². The standard InChI is InChI=1S/C8H10OS/c1-2-8(10-5-1)7-3-4-9-6-7/h1-2,5,7H,3-4,6H2. The second-order valence-corrected chi connectivity index (χ2v) is 3.56.